The second-order valence-electron chi connectivity index (χ2n) is 8.27. The summed E-state index contributed by atoms with van der Waals surface area (Å²) in [5, 5.41) is 14.9. The van der Waals surface area contributed by atoms with Gasteiger partial charge in [-0.25, -0.2) is 0 Å². The van der Waals surface area contributed by atoms with Gasteiger partial charge in [0.05, 0.1) is 12.1 Å². The van der Waals surface area contributed by atoms with Gasteiger partial charge in [-0.3, -0.25) is 4.79 Å². The lowest BCUT2D eigenvalue weighted by molar-refractivity contribution is -0.114. The predicted molar refractivity (Wildman–Crippen MR) is 91.1 cm³/mol. The second-order valence-corrected chi connectivity index (χ2v) is 8.27. The quantitative estimate of drug-likeness (QED) is 0.467. The summed E-state index contributed by atoms with van der Waals surface area (Å²) in [6.07, 6.45) is 9.22. The third-order valence-electron chi connectivity index (χ3n) is 7.45. The first kappa shape index (κ1) is 15.9. The van der Waals surface area contributed by atoms with Crippen LogP contribution in [-0.2, 0) is 4.79 Å². The monoisotopic (exact) mass is 327 g/mol. The Hall–Kier alpha value is -1.58. The Labute approximate surface area is 142 Å². The summed E-state index contributed by atoms with van der Waals surface area (Å²) in [7, 11) is 0. The molecule has 1 N–H and O–H groups in total. The summed E-state index contributed by atoms with van der Waals surface area (Å²) >= 11 is 0. The first-order valence-electron chi connectivity index (χ1n) is 9.17. The maximum Gasteiger partial charge on any atom is 0.156 e. The van der Waals surface area contributed by atoms with Crippen LogP contribution in [0.15, 0.2) is 27.9 Å². The molecule has 5 heteroatoms. The van der Waals surface area contributed by atoms with Crippen LogP contribution >= 0.6 is 0 Å². The summed E-state index contributed by atoms with van der Waals surface area (Å²) in [5.41, 5.74) is 11.9. The van der Waals surface area contributed by atoms with Crippen molar-refractivity contribution in [1.29, 1.82) is 0 Å². The molecule has 128 valence electrons. The van der Waals surface area contributed by atoms with Gasteiger partial charge in [0, 0.05) is 16.7 Å². The molecule has 5 nitrogen and oxygen atoms in total. The standard InChI is InChI=1S/C19H25N3O2/c1-18-8-6-15-14-5-3-13(23)10-12(14)2-4-16(15)17(18)7-9-19(18,24)11-21-22-20/h10,16-17,24H,2-9,11H2,1H3/t16-,17+,18+,19-/m1/s1. The molecule has 0 saturated heterocycles. The highest BCUT2D eigenvalue weighted by atomic mass is 16.3. The van der Waals surface area contributed by atoms with E-state index in [1.807, 2.05) is 6.08 Å². The van der Waals surface area contributed by atoms with Gasteiger partial charge < -0.3 is 5.11 Å². The van der Waals surface area contributed by atoms with E-state index in [2.05, 4.69) is 16.9 Å². The zero-order chi connectivity index (χ0) is 16.9. The molecule has 0 unspecified atom stereocenters. The lowest BCUT2D eigenvalue weighted by atomic mass is 9.55. The van der Waals surface area contributed by atoms with Gasteiger partial charge in [0.15, 0.2) is 5.78 Å². The predicted octanol–water partition coefficient (Wildman–Crippen LogP) is 4.23. The Bertz CT molecular complexity index is 703. The molecule has 0 aromatic rings. The van der Waals surface area contributed by atoms with Crippen LogP contribution in [0.5, 0.6) is 0 Å². The molecule has 0 bridgehead atoms. The van der Waals surface area contributed by atoms with Gasteiger partial charge in [0.1, 0.15) is 0 Å². The SMILES string of the molecule is C[C@]12CCC3=C4CCC(=O)C=C4CC[C@H]3[C@@H]1CC[C@@]2(O)CN=[N+]=[N-]. The molecular weight excluding hydrogens is 302 g/mol. The Morgan fingerprint density at radius 1 is 1.29 bits per heavy atom. The molecule has 24 heavy (non-hydrogen) atoms. The van der Waals surface area contributed by atoms with Crippen LogP contribution in [-0.4, -0.2) is 23.0 Å². The number of nitrogens with zero attached hydrogens (tertiary/aromatic N) is 3. The van der Waals surface area contributed by atoms with Crippen molar-refractivity contribution in [1.82, 2.24) is 0 Å². The van der Waals surface area contributed by atoms with E-state index in [0.717, 1.165) is 44.9 Å². The van der Waals surface area contributed by atoms with E-state index >= 15 is 0 Å². The van der Waals surface area contributed by atoms with Crippen molar-refractivity contribution >= 4 is 5.78 Å². The zero-order valence-electron chi connectivity index (χ0n) is 14.3. The number of carbonyl (C=O) groups excluding carboxylic acids is 1. The third-order valence-corrected chi connectivity index (χ3v) is 7.45. The van der Waals surface area contributed by atoms with Gasteiger partial charge in [-0.1, -0.05) is 17.6 Å². The molecule has 4 atom stereocenters. The third kappa shape index (κ3) is 2.11. The fourth-order valence-electron chi connectivity index (χ4n) is 6.05. The molecule has 2 fully saturated rings. The lowest BCUT2D eigenvalue weighted by Gasteiger charge is -2.51. The van der Waals surface area contributed by atoms with E-state index in [1.165, 1.54) is 11.1 Å². The Morgan fingerprint density at radius 2 is 2.12 bits per heavy atom. The van der Waals surface area contributed by atoms with Crippen molar-refractivity contribution in [2.45, 2.75) is 63.9 Å². The maximum absolute atomic E-state index is 11.7. The van der Waals surface area contributed by atoms with E-state index in [0.29, 0.717) is 18.3 Å². The molecule has 4 aliphatic rings. The number of fused-ring (bicyclic) bond motifs is 4. The molecule has 4 aliphatic carbocycles. The molecule has 0 radical (unpaired) electrons. The van der Waals surface area contributed by atoms with Crippen molar-refractivity contribution in [2.75, 3.05) is 6.54 Å². The minimum Gasteiger partial charge on any atom is -0.389 e. The topological polar surface area (TPSA) is 86.1 Å². The van der Waals surface area contributed by atoms with E-state index in [1.54, 1.807) is 5.57 Å². The van der Waals surface area contributed by atoms with Gasteiger partial charge in [0.2, 0.25) is 0 Å². The van der Waals surface area contributed by atoms with Crippen molar-refractivity contribution in [2.24, 2.45) is 22.4 Å². The smallest absolute Gasteiger partial charge is 0.156 e. The number of rotatable bonds is 2. The average Bonchev–Trinajstić information content (AvgIpc) is 2.84. The molecule has 0 aromatic heterocycles. The number of carbonyl (C=O) groups is 1. The summed E-state index contributed by atoms with van der Waals surface area (Å²) in [6.45, 7) is 2.39. The number of aliphatic hydroxyl groups is 1. The Morgan fingerprint density at radius 3 is 2.92 bits per heavy atom. The molecule has 0 aliphatic heterocycles. The summed E-state index contributed by atoms with van der Waals surface area (Å²) in [5.74, 6) is 1.27. The first-order chi connectivity index (χ1) is 11.5. The highest BCUT2D eigenvalue weighted by Gasteiger charge is 2.60. The van der Waals surface area contributed by atoms with Crippen molar-refractivity contribution in [3.8, 4) is 0 Å². The molecule has 0 aromatic carbocycles. The van der Waals surface area contributed by atoms with Crippen LogP contribution in [0.1, 0.15) is 58.3 Å². The molecule has 0 amide bonds. The highest BCUT2D eigenvalue weighted by molar-refractivity contribution is 5.93. The average molecular weight is 327 g/mol. The number of hydrogen-bond acceptors (Lipinski definition) is 3. The van der Waals surface area contributed by atoms with Crippen LogP contribution in [0.3, 0.4) is 0 Å². The number of allylic oxidation sites excluding steroid dienone is 4. The van der Waals surface area contributed by atoms with Crippen molar-refractivity contribution in [3.05, 3.63) is 33.2 Å². The van der Waals surface area contributed by atoms with E-state index < -0.39 is 5.60 Å². The molecule has 0 heterocycles. The lowest BCUT2D eigenvalue weighted by Crippen LogP contribution is -2.51. The summed E-state index contributed by atoms with van der Waals surface area (Å²) < 4.78 is 0. The van der Waals surface area contributed by atoms with Crippen LogP contribution in [0, 0.1) is 17.3 Å². The van der Waals surface area contributed by atoms with Crippen molar-refractivity contribution in [3.63, 3.8) is 0 Å². The fraction of sp³-hybridized carbons (Fsp3) is 0.737. The van der Waals surface area contributed by atoms with Crippen LogP contribution < -0.4 is 0 Å². The van der Waals surface area contributed by atoms with Gasteiger partial charge in [-0.2, -0.15) is 0 Å². The van der Waals surface area contributed by atoms with E-state index in [4.69, 9.17) is 5.53 Å². The van der Waals surface area contributed by atoms with Gasteiger partial charge in [-0.15, -0.1) is 0 Å². The van der Waals surface area contributed by atoms with E-state index in [-0.39, 0.29) is 17.7 Å². The number of hydrogen-bond donors (Lipinski definition) is 1. The molecule has 2 saturated carbocycles. The normalized spacial score (nSPS) is 41.1. The fourth-order valence-corrected chi connectivity index (χ4v) is 6.05. The maximum atomic E-state index is 11.7. The highest BCUT2D eigenvalue weighted by Crippen LogP contribution is 2.63. The second kappa shape index (κ2) is 5.47. The van der Waals surface area contributed by atoms with Crippen LogP contribution in [0.25, 0.3) is 10.4 Å². The summed E-state index contributed by atoms with van der Waals surface area (Å²) in [4.78, 5) is 14.6. The van der Waals surface area contributed by atoms with Crippen molar-refractivity contribution < 1.29 is 9.90 Å². The van der Waals surface area contributed by atoms with Crippen LogP contribution in [0.4, 0.5) is 0 Å². The summed E-state index contributed by atoms with van der Waals surface area (Å²) in [6, 6.07) is 0. The van der Waals surface area contributed by atoms with Gasteiger partial charge >= 0.3 is 0 Å². The first-order valence-corrected chi connectivity index (χ1v) is 9.17. The molecule has 4 rings (SSSR count). The van der Waals surface area contributed by atoms with E-state index in [9.17, 15) is 9.90 Å². The Balaban J connectivity index is 1.69. The van der Waals surface area contributed by atoms with Gasteiger partial charge in [-0.05, 0) is 79.5 Å². The minimum atomic E-state index is -0.862. The largest absolute Gasteiger partial charge is 0.389 e. The van der Waals surface area contributed by atoms with Crippen LogP contribution in [0.2, 0.25) is 0 Å². The Kier molecular flexibility index (Phi) is 3.63. The zero-order valence-corrected chi connectivity index (χ0v) is 14.3. The minimum absolute atomic E-state index is 0.165. The number of azide groups is 1. The molecular formula is C19H25N3O2. The number of ketones is 1. The van der Waals surface area contributed by atoms with Gasteiger partial charge in [0.25, 0.3) is 0 Å². The molecule has 0 spiro atoms.